The van der Waals surface area contributed by atoms with Gasteiger partial charge >= 0.3 is 5.97 Å². The van der Waals surface area contributed by atoms with Crippen LogP contribution in [0.2, 0.25) is 0 Å². The van der Waals surface area contributed by atoms with Crippen LogP contribution in [-0.2, 0) is 23.9 Å². The summed E-state index contributed by atoms with van der Waals surface area (Å²) in [5, 5.41) is 0. The van der Waals surface area contributed by atoms with E-state index >= 15 is 0 Å². The van der Waals surface area contributed by atoms with Gasteiger partial charge in [-0.2, -0.15) is 5.48 Å². The van der Waals surface area contributed by atoms with Crippen molar-refractivity contribution in [3.8, 4) is 0 Å². The molecule has 96 valence electrons. The van der Waals surface area contributed by atoms with Crippen LogP contribution >= 0.6 is 0 Å². The number of hydroxylamine groups is 1. The maximum Gasteiger partial charge on any atom is 0.358 e. The van der Waals surface area contributed by atoms with E-state index in [9.17, 15) is 9.59 Å². The Morgan fingerprint density at radius 2 is 2.41 bits per heavy atom. The Morgan fingerprint density at radius 3 is 2.94 bits per heavy atom. The van der Waals surface area contributed by atoms with Crippen molar-refractivity contribution in [2.45, 2.75) is 38.6 Å². The lowest BCUT2D eigenvalue weighted by molar-refractivity contribution is -0.157. The second-order valence-electron chi connectivity index (χ2n) is 3.97. The number of amides is 1. The van der Waals surface area contributed by atoms with E-state index < -0.39 is 11.8 Å². The first-order valence-electron chi connectivity index (χ1n) is 5.40. The van der Waals surface area contributed by atoms with E-state index in [1.54, 1.807) is 0 Å². The second kappa shape index (κ2) is 5.79. The first-order valence-corrected chi connectivity index (χ1v) is 5.40. The van der Waals surface area contributed by atoms with Gasteiger partial charge in [0.2, 0.25) is 6.41 Å². The molecular weight excluding hydrogens is 226 g/mol. The SMILES string of the molecule is C=C(CC1COC(C)(CC)O1)C(=O)ONC=O. The minimum atomic E-state index is -0.675. The Kier molecular flexibility index (Phi) is 4.65. The first kappa shape index (κ1) is 13.7. The molecule has 0 saturated carbocycles. The molecular formula is C11H17NO5. The van der Waals surface area contributed by atoms with Gasteiger partial charge in [-0.3, -0.25) is 4.79 Å². The largest absolute Gasteiger partial charge is 0.358 e. The van der Waals surface area contributed by atoms with Gasteiger partial charge in [0.25, 0.3) is 0 Å². The maximum atomic E-state index is 11.3. The normalized spacial score (nSPS) is 27.5. The molecule has 0 aromatic rings. The number of nitrogens with one attached hydrogen (secondary N) is 1. The molecule has 1 N–H and O–H groups in total. The predicted molar refractivity (Wildman–Crippen MR) is 58.6 cm³/mol. The summed E-state index contributed by atoms with van der Waals surface area (Å²) in [5.74, 6) is -1.26. The average molecular weight is 243 g/mol. The van der Waals surface area contributed by atoms with Crippen LogP contribution < -0.4 is 5.48 Å². The summed E-state index contributed by atoms with van der Waals surface area (Å²) in [6, 6.07) is 0. The highest BCUT2D eigenvalue weighted by molar-refractivity contribution is 5.87. The number of ether oxygens (including phenoxy) is 2. The van der Waals surface area contributed by atoms with Crippen LogP contribution in [0.25, 0.3) is 0 Å². The topological polar surface area (TPSA) is 73.9 Å². The fourth-order valence-electron chi connectivity index (χ4n) is 1.48. The molecule has 1 fully saturated rings. The summed E-state index contributed by atoms with van der Waals surface area (Å²) < 4.78 is 11.1. The second-order valence-corrected chi connectivity index (χ2v) is 3.97. The van der Waals surface area contributed by atoms with E-state index in [1.807, 2.05) is 19.3 Å². The molecule has 1 heterocycles. The lowest BCUT2D eigenvalue weighted by atomic mass is 10.1. The van der Waals surface area contributed by atoms with E-state index in [0.717, 1.165) is 6.42 Å². The molecule has 0 spiro atoms. The van der Waals surface area contributed by atoms with E-state index in [-0.39, 0.29) is 18.1 Å². The van der Waals surface area contributed by atoms with Crippen molar-refractivity contribution in [1.82, 2.24) is 5.48 Å². The summed E-state index contributed by atoms with van der Waals surface area (Å²) in [7, 11) is 0. The maximum absolute atomic E-state index is 11.3. The molecule has 6 nitrogen and oxygen atoms in total. The summed E-state index contributed by atoms with van der Waals surface area (Å²) in [4.78, 5) is 25.6. The van der Waals surface area contributed by atoms with Gasteiger partial charge in [-0.1, -0.05) is 13.5 Å². The fraction of sp³-hybridized carbons (Fsp3) is 0.636. The highest BCUT2D eigenvalue weighted by Gasteiger charge is 2.36. The van der Waals surface area contributed by atoms with E-state index in [0.29, 0.717) is 13.0 Å². The van der Waals surface area contributed by atoms with Gasteiger partial charge in [-0.25, -0.2) is 4.79 Å². The minimum Gasteiger partial charge on any atom is -0.348 e. The molecule has 0 bridgehead atoms. The molecule has 1 saturated heterocycles. The summed E-state index contributed by atoms with van der Waals surface area (Å²) >= 11 is 0. The Hall–Kier alpha value is -1.40. The van der Waals surface area contributed by atoms with Crippen LogP contribution in [0.5, 0.6) is 0 Å². The fourth-order valence-corrected chi connectivity index (χ4v) is 1.48. The summed E-state index contributed by atoms with van der Waals surface area (Å²) in [5.41, 5.74) is 2.05. The van der Waals surface area contributed by atoms with Gasteiger partial charge in [-0.15, -0.1) is 0 Å². The molecule has 1 rings (SSSR count). The van der Waals surface area contributed by atoms with Crippen molar-refractivity contribution in [3.05, 3.63) is 12.2 Å². The molecule has 1 aliphatic heterocycles. The lowest BCUT2D eigenvalue weighted by Crippen LogP contribution is -2.26. The molecule has 0 radical (unpaired) electrons. The standard InChI is InChI=1S/C11H17NO5/c1-4-11(3)15-6-9(16-11)5-8(2)10(14)17-12-7-13/h7,9H,2,4-6H2,1,3H3,(H,12,13). The van der Waals surface area contributed by atoms with Crippen LogP contribution in [0.4, 0.5) is 0 Å². The van der Waals surface area contributed by atoms with Crippen LogP contribution in [0.15, 0.2) is 12.2 Å². The third-order valence-electron chi connectivity index (χ3n) is 2.60. The molecule has 17 heavy (non-hydrogen) atoms. The summed E-state index contributed by atoms with van der Waals surface area (Å²) in [6.07, 6.45) is 1.10. The highest BCUT2D eigenvalue weighted by Crippen LogP contribution is 2.29. The van der Waals surface area contributed by atoms with Crippen molar-refractivity contribution in [3.63, 3.8) is 0 Å². The van der Waals surface area contributed by atoms with Crippen LogP contribution in [0, 0.1) is 0 Å². The van der Waals surface area contributed by atoms with Crippen LogP contribution in [0.1, 0.15) is 26.7 Å². The van der Waals surface area contributed by atoms with Crippen molar-refractivity contribution < 1.29 is 23.9 Å². The van der Waals surface area contributed by atoms with Crippen LogP contribution in [0.3, 0.4) is 0 Å². The Balaban J connectivity index is 2.38. The Morgan fingerprint density at radius 1 is 1.71 bits per heavy atom. The van der Waals surface area contributed by atoms with Gasteiger partial charge in [0, 0.05) is 12.0 Å². The quantitative estimate of drug-likeness (QED) is 0.422. The molecule has 2 unspecified atom stereocenters. The zero-order chi connectivity index (χ0) is 12.9. The average Bonchev–Trinajstić information content (AvgIpc) is 2.68. The van der Waals surface area contributed by atoms with Crippen molar-refractivity contribution in [2.75, 3.05) is 6.61 Å². The first-order chi connectivity index (χ1) is 8.00. The lowest BCUT2D eigenvalue weighted by Gasteiger charge is -2.21. The molecule has 1 aliphatic rings. The third kappa shape index (κ3) is 3.83. The van der Waals surface area contributed by atoms with Crippen LogP contribution in [-0.4, -0.2) is 30.9 Å². The summed E-state index contributed by atoms with van der Waals surface area (Å²) in [6.45, 7) is 7.80. The molecule has 0 aliphatic carbocycles. The van der Waals surface area contributed by atoms with Gasteiger partial charge in [0.1, 0.15) is 0 Å². The molecule has 1 amide bonds. The van der Waals surface area contributed by atoms with Crippen molar-refractivity contribution >= 4 is 12.4 Å². The Labute approximate surface area is 99.9 Å². The van der Waals surface area contributed by atoms with E-state index in [4.69, 9.17) is 9.47 Å². The van der Waals surface area contributed by atoms with Gasteiger partial charge < -0.3 is 14.3 Å². The molecule has 0 aromatic carbocycles. The molecule has 0 aromatic heterocycles. The number of hydrogen-bond acceptors (Lipinski definition) is 5. The number of rotatable bonds is 6. The zero-order valence-corrected chi connectivity index (χ0v) is 10.0. The molecule has 6 heteroatoms. The van der Waals surface area contributed by atoms with E-state index in [2.05, 4.69) is 11.4 Å². The van der Waals surface area contributed by atoms with Crippen molar-refractivity contribution in [2.24, 2.45) is 0 Å². The zero-order valence-electron chi connectivity index (χ0n) is 10.0. The van der Waals surface area contributed by atoms with Crippen molar-refractivity contribution in [1.29, 1.82) is 0 Å². The predicted octanol–water partition coefficient (Wildman–Crippen LogP) is 0.678. The Bertz CT molecular complexity index is 317. The number of hydrogen-bond donors (Lipinski definition) is 1. The minimum absolute atomic E-state index is 0.212. The van der Waals surface area contributed by atoms with Gasteiger partial charge in [0.05, 0.1) is 12.7 Å². The highest BCUT2D eigenvalue weighted by atomic mass is 16.7. The van der Waals surface area contributed by atoms with Gasteiger partial charge in [-0.05, 0) is 13.3 Å². The smallest absolute Gasteiger partial charge is 0.348 e. The number of carbonyl (C=O) groups is 2. The molecule has 2 atom stereocenters. The van der Waals surface area contributed by atoms with E-state index in [1.165, 1.54) is 0 Å². The number of carbonyl (C=O) groups excluding carboxylic acids is 2. The van der Waals surface area contributed by atoms with Gasteiger partial charge in [0.15, 0.2) is 5.79 Å². The monoisotopic (exact) mass is 243 g/mol. The third-order valence-corrected chi connectivity index (χ3v) is 2.60.